The number of hydrogen-bond donors (Lipinski definition) is 1. The van der Waals surface area contributed by atoms with Gasteiger partial charge in [-0.05, 0) is 25.2 Å². The standard InChI is InChI=1S/C10H16F2O2/c1-2-7-3-4-10(5-7,9(13)14)6-8(11)12/h7-8H,2-6H2,1H3,(H,13,14). The van der Waals surface area contributed by atoms with E-state index in [0.717, 1.165) is 12.8 Å². The lowest BCUT2D eigenvalue weighted by Crippen LogP contribution is -2.30. The average molecular weight is 206 g/mol. The molecule has 2 nitrogen and oxygen atoms in total. The lowest BCUT2D eigenvalue weighted by molar-refractivity contribution is -0.151. The second-order valence-electron chi connectivity index (χ2n) is 4.20. The summed E-state index contributed by atoms with van der Waals surface area (Å²) in [5, 5.41) is 8.99. The Morgan fingerprint density at radius 2 is 2.29 bits per heavy atom. The molecule has 1 N–H and O–H groups in total. The fourth-order valence-corrected chi connectivity index (χ4v) is 2.35. The van der Waals surface area contributed by atoms with Gasteiger partial charge in [-0.3, -0.25) is 4.79 Å². The fourth-order valence-electron chi connectivity index (χ4n) is 2.35. The van der Waals surface area contributed by atoms with Gasteiger partial charge in [-0.15, -0.1) is 0 Å². The third kappa shape index (κ3) is 2.22. The molecular weight excluding hydrogens is 190 g/mol. The minimum absolute atomic E-state index is 0.310. The Balaban J connectivity index is 2.70. The van der Waals surface area contributed by atoms with Gasteiger partial charge in [0.1, 0.15) is 0 Å². The maximum Gasteiger partial charge on any atom is 0.309 e. The van der Waals surface area contributed by atoms with Crippen LogP contribution in [0.3, 0.4) is 0 Å². The van der Waals surface area contributed by atoms with E-state index >= 15 is 0 Å². The summed E-state index contributed by atoms with van der Waals surface area (Å²) in [5.74, 6) is -0.737. The third-order valence-electron chi connectivity index (χ3n) is 3.29. The van der Waals surface area contributed by atoms with E-state index in [4.69, 9.17) is 5.11 Å². The summed E-state index contributed by atoms with van der Waals surface area (Å²) < 4.78 is 24.5. The van der Waals surface area contributed by atoms with Gasteiger partial charge >= 0.3 is 5.97 Å². The molecule has 1 aliphatic rings. The van der Waals surface area contributed by atoms with Crippen LogP contribution in [0.2, 0.25) is 0 Å². The van der Waals surface area contributed by atoms with Gasteiger partial charge in [0.2, 0.25) is 6.43 Å². The van der Waals surface area contributed by atoms with E-state index < -0.39 is 24.2 Å². The van der Waals surface area contributed by atoms with Crippen LogP contribution in [0, 0.1) is 11.3 Å². The molecule has 0 aromatic rings. The molecule has 0 amide bonds. The summed E-state index contributed by atoms with van der Waals surface area (Å²) in [5.41, 5.74) is -1.14. The zero-order valence-electron chi connectivity index (χ0n) is 8.30. The molecule has 0 spiro atoms. The van der Waals surface area contributed by atoms with E-state index in [1.165, 1.54) is 0 Å². The highest BCUT2D eigenvalue weighted by atomic mass is 19.3. The Kier molecular flexibility index (Phi) is 3.45. The van der Waals surface area contributed by atoms with Crippen LogP contribution in [0.25, 0.3) is 0 Å². The minimum Gasteiger partial charge on any atom is -0.481 e. The molecule has 4 heteroatoms. The van der Waals surface area contributed by atoms with Crippen molar-refractivity contribution in [3.63, 3.8) is 0 Å². The van der Waals surface area contributed by atoms with Gasteiger partial charge in [0.05, 0.1) is 5.41 Å². The number of carboxylic acid groups (broad SMARTS) is 1. The molecule has 14 heavy (non-hydrogen) atoms. The molecular formula is C10H16F2O2. The van der Waals surface area contributed by atoms with Crippen molar-refractivity contribution in [2.24, 2.45) is 11.3 Å². The second-order valence-corrected chi connectivity index (χ2v) is 4.20. The van der Waals surface area contributed by atoms with E-state index in [0.29, 0.717) is 18.8 Å². The van der Waals surface area contributed by atoms with Crippen molar-refractivity contribution in [2.45, 2.75) is 45.5 Å². The molecule has 0 aromatic heterocycles. The van der Waals surface area contributed by atoms with Gasteiger partial charge in [0, 0.05) is 6.42 Å². The highest BCUT2D eigenvalue weighted by Crippen LogP contribution is 2.47. The summed E-state index contributed by atoms with van der Waals surface area (Å²) >= 11 is 0. The van der Waals surface area contributed by atoms with Gasteiger partial charge in [0.15, 0.2) is 0 Å². The Labute approximate surface area is 82.3 Å². The molecule has 1 rings (SSSR count). The molecule has 0 heterocycles. The number of carboxylic acids is 1. The first-order valence-electron chi connectivity index (χ1n) is 5.01. The molecule has 0 aromatic carbocycles. The van der Waals surface area contributed by atoms with Crippen molar-refractivity contribution in [1.82, 2.24) is 0 Å². The molecule has 0 bridgehead atoms. The molecule has 1 fully saturated rings. The first-order chi connectivity index (χ1) is 6.50. The first-order valence-corrected chi connectivity index (χ1v) is 5.01. The Bertz CT molecular complexity index is 218. The summed E-state index contributed by atoms with van der Waals surface area (Å²) in [6.45, 7) is 1.98. The number of hydrogen-bond acceptors (Lipinski definition) is 1. The zero-order chi connectivity index (χ0) is 10.8. The van der Waals surface area contributed by atoms with Crippen LogP contribution < -0.4 is 0 Å². The van der Waals surface area contributed by atoms with Gasteiger partial charge in [0.25, 0.3) is 0 Å². The zero-order valence-corrected chi connectivity index (χ0v) is 8.30. The largest absolute Gasteiger partial charge is 0.481 e. The van der Waals surface area contributed by atoms with E-state index in [1.54, 1.807) is 0 Å². The van der Waals surface area contributed by atoms with Crippen molar-refractivity contribution in [3.05, 3.63) is 0 Å². The number of aliphatic carboxylic acids is 1. The molecule has 2 atom stereocenters. The lowest BCUT2D eigenvalue weighted by atomic mass is 9.82. The van der Waals surface area contributed by atoms with Crippen molar-refractivity contribution < 1.29 is 18.7 Å². The normalized spacial score (nSPS) is 32.4. The maximum atomic E-state index is 12.3. The van der Waals surface area contributed by atoms with Gasteiger partial charge < -0.3 is 5.11 Å². The van der Waals surface area contributed by atoms with Crippen LogP contribution in [0.1, 0.15) is 39.0 Å². The summed E-state index contributed by atoms with van der Waals surface area (Å²) in [7, 11) is 0. The van der Waals surface area contributed by atoms with Gasteiger partial charge in [-0.1, -0.05) is 13.3 Å². The third-order valence-corrected chi connectivity index (χ3v) is 3.29. The van der Waals surface area contributed by atoms with E-state index in [1.807, 2.05) is 6.92 Å². The van der Waals surface area contributed by atoms with Crippen molar-refractivity contribution >= 4 is 5.97 Å². The maximum absolute atomic E-state index is 12.3. The molecule has 2 unspecified atom stereocenters. The SMILES string of the molecule is CCC1CCC(CC(F)F)(C(=O)O)C1. The minimum atomic E-state index is -2.51. The fraction of sp³-hybridized carbons (Fsp3) is 0.900. The van der Waals surface area contributed by atoms with Crippen molar-refractivity contribution in [3.8, 4) is 0 Å². The lowest BCUT2D eigenvalue weighted by Gasteiger charge is -2.23. The summed E-state index contributed by atoms with van der Waals surface area (Å²) in [6.07, 6.45) is -0.511. The topological polar surface area (TPSA) is 37.3 Å². The van der Waals surface area contributed by atoms with Crippen LogP contribution in [-0.2, 0) is 4.79 Å². The number of alkyl halides is 2. The predicted molar refractivity (Wildman–Crippen MR) is 48.3 cm³/mol. The Morgan fingerprint density at radius 1 is 1.64 bits per heavy atom. The number of halogens is 2. The smallest absolute Gasteiger partial charge is 0.309 e. The van der Waals surface area contributed by atoms with Crippen LogP contribution in [-0.4, -0.2) is 17.5 Å². The highest BCUT2D eigenvalue weighted by Gasteiger charge is 2.46. The van der Waals surface area contributed by atoms with Crippen LogP contribution in [0.5, 0.6) is 0 Å². The summed E-state index contributed by atoms with van der Waals surface area (Å²) in [4.78, 5) is 11.0. The number of rotatable bonds is 4. The molecule has 82 valence electrons. The molecule has 0 aliphatic heterocycles. The van der Waals surface area contributed by atoms with E-state index in [-0.39, 0.29) is 0 Å². The van der Waals surface area contributed by atoms with Crippen LogP contribution in [0.4, 0.5) is 8.78 Å². The molecule has 0 radical (unpaired) electrons. The Morgan fingerprint density at radius 3 is 2.64 bits per heavy atom. The van der Waals surface area contributed by atoms with E-state index in [2.05, 4.69) is 0 Å². The number of carbonyl (C=O) groups is 1. The van der Waals surface area contributed by atoms with E-state index in [9.17, 15) is 13.6 Å². The van der Waals surface area contributed by atoms with Crippen molar-refractivity contribution in [2.75, 3.05) is 0 Å². The quantitative estimate of drug-likeness (QED) is 0.767. The Hall–Kier alpha value is -0.670. The molecule has 1 saturated carbocycles. The predicted octanol–water partition coefficient (Wildman–Crippen LogP) is 2.92. The average Bonchev–Trinajstić information content (AvgIpc) is 2.48. The monoisotopic (exact) mass is 206 g/mol. The molecule has 0 saturated heterocycles. The van der Waals surface area contributed by atoms with Crippen LogP contribution >= 0.6 is 0 Å². The highest BCUT2D eigenvalue weighted by molar-refractivity contribution is 5.75. The molecule has 1 aliphatic carbocycles. The van der Waals surface area contributed by atoms with Crippen LogP contribution in [0.15, 0.2) is 0 Å². The summed E-state index contributed by atoms with van der Waals surface area (Å²) in [6, 6.07) is 0. The van der Waals surface area contributed by atoms with Crippen molar-refractivity contribution in [1.29, 1.82) is 0 Å². The first kappa shape index (κ1) is 11.4. The van der Waals surface area contributed by atoms with Gasteiger partial charge in [-0.25, -0.2) is 8.78 Å². The second kappa shape index (κ2) is 4.24. The van der Waals surface area contributed by atoms with Gasteiger partial charge in [-0.2, -0.15) is 0 Å².